The van der Waals surface area contributed by atoms with Crippen molar-refractivity contribution in [2.75, 3.05) is 13.3 Å². The number of aliphatic imine (C=N–C) groups is 1. The molecular formula is C18H25FIN3O3. The average molecular weight is 477 g/mol. The topological polar surface area (TPSA) is 64.1 Å². The molecule has 2 fully saturated rings. The van der Waals surface area contributed by atoms with Crippen LogP contribution in [0.25, 0.3) is 0 Å². The summed E-state index contributed by atoms with van der Waals surface area (Å²) < 4.78 is 30.5. The van der Waals surface area contributed by atoms with Crippen molar-refractivity contribution in [3.63, 3.8) is 0 Å². The molecule has 0 saturated carbocycles. The molecule has 0 radical (unpaired) electrons. The number of nitrogens with one attached hydrogen (secondary N) is 2. The molecule has 144 valence electrons. The van der Waals surface area contributed by atoms with E-state index in [1.165, 1.54) is 12.1 Å². The van der Waals surface area contributed by atoms with Crippen LogP contribution in [0.1, 0.15) is 37.3 Å². The van der Waals surface area contributed by atoms with Gasteiger partial charge in [-0.25, -0.2) is 9.38 Å². The van der Waals surface area contributed by atoms with Gasteiger partial charge in [0.25, 0.3) is 0 Å². The van der Waals surface area contributed by atoms with Gasteiger partial charge in [0.1, 0.15) is 11.6 Å². The summed E-state index contributed by atoms with van der Waals surface area (Å²) in [5, 5.41) is 6.73. The lowest BCUT2D eigenvalue weighted by Gasteiger charge is -2.23. The van der Waals surface area contributed by atoms with E-state index in [1.807, 2.05) is 6.92 Å². The quantitative estimate of drug-likeness (QED) is 0.397. The zero-order chi connectivity index (χ0) is 17.2. The minimum absolute atomic E-state index is 0. The lowest BCUT2D eigenvalue weighted by Crippen LogP contribution is -2.47. The first kappa shape index (κ1) is 19.6. The summed E-state index contributed by atoms with van der Waals surface area (Å²) in [7, 11) is 0. The number of guanidine groups is 1. The lowest BCUT2D eigenvalue weighted by atomic mass is 9.96. The van der Waals surface area contributed by atoms with E-state index in [4.69, 9.17) is 14.2 Å². The first-order chi connectivity index (χ1) is 12.2. The van der Waals surface area contributed by atoms with Crippen molar-refractivity contribution in [3.8, 4) is 5.75 Å². The molecule has 3 heterocycles. The molecule has 2 bridgehead atoms. The average Bonchev–Trinajstić information content (AvgIpc) is 3.22. The van der Waals surface area contributed by atoms with Gasteiger partial charge < -0.3 is 24.8 Å². The maximum atomic E-state index is 13.8. The van der Waals surface area contributed by atoms with Gasteiger partial charge in [-0.15, -0.1) is 24.0 Å². The van der Waals surface area contributed by atoms with E-state index in [1.54, 1.807) is 0 Å². The van der Waals surface area contributed by atoms with Crippen LogP contribution in [0.2, 0.25) is 0 Å². The number of rotatable bonds is 4. The summed E-state index contributed by atoms with van der Waals surface area (Å²) >= 11 is 0. The molecule has 2 saturated heterocycles. The Labute approximate surface area is 169 Å². The van der Waals surface area contributed by atoms with Crippen molar-refractivity contribution in [3.05, 3.63) is 29.1 Å². The van der Waals surface area contributed by atoms with Gasteiger partial charge in [-0.1, -0.05) is 0 Å². The van der Waals surface area contributed by atoms with Crippen LogP contribution in [0.3, 0.4) is 0 Å². The molecule has 1 aromatic rings. The Hall–Kier alpha value is -1.13. The summed E-state index contributed by atoms with van der Waals surface area (Å²) in [6.45, 7) is 3.69. The van der Waals surface area contributed by atoms with Crippen LogP contribution in [-0.2, 0) is 22.6 Å². The number of benzene rings is 1. The molecule has 3 aliphatic rings. The van der Waals surface area contributed by atoms with Crippen LogP contribution in [-0.4, -0.2) is 37.5 Å². The van der Waals surface area contributed by atoms with Crippen LogP contribution in [0.15, 0.2) is 17.1 Å². The minimum Gasteiger partial charge on any atom is -0.467 e. The Morgan fingerprint density at radius 2 is 2.23 bits per heavy atom. The highest BCUT2D eigenvalue weighted by molar-refractivity contribution is 14.0. The molecular weight excluding hydrogens is 452 g/mol. The normalized spacial score (nSPS) is 26.7. The van der Waals surface area contributed by atoms with Gasteiger partial charge in [-0.2, -0.15) is 0 Å². The van der Waals surface area contributed by atoms with Crippen molar-refractivity contribution in [1.29, 1.82) is 0 Å². The van der Waals surface area contributed by atoms with E-state index >= 15 is 0 Å². The molecule has 8 heteroatoms. The third-order valence-electron chi connectivity index (χ3n) is 4.93. The van der Waals surface area contributed by atoms with E-state index in [-0.39, 0.29) is 42.7 Å². The number of hydrogen-bond acceptors (Lipinski definition) is 4. The van der Waals surface area contributed by atoms with Crippen LogP contribution in [0, 0.1) is 5.82 Å². The highest BCUT2D eigenvalue weighted by Gasteiger charge is 2.41. The fraction of sp³-hybridized carbons (Fsp3) is 0.611. The predicted molar refractivity (Wildman–Crippen MR) is 106 cm³/mol. The Morgan fingerprint density at radius 3 is 2.96 bits per heavy atom. The number of hydrogen-bond donors (Lipinski definition) is 2. The highest BCUT2D eigenvalue weighted by atomic mass is 127. The fourth-order valence-electron chi connectivity index (χ4n) is 3.82. The largest absolute Gasteiger partial charge is 0.467 e. The lowest BCUT2D eigenvalue weighted by molar-refractivity contribution is -0.0172. The predicted octanol–water partition coefficient (Wildman–Crippen LogP) is 2.69. The van der Waals surface area contributed by atoms with Gasteiger partial charge in [0.2, 0.25) is 0 Å². The van der Waals surface area contributed by atoms with Crippen molar-refractivity contribution in [1.82, 2.24) is 10.6 Å². The number of fused-ring (bicyclic) bond motifs is 3. The number of halogens is 2. The van der Waals surface area contributed by atoms with Gasteiger partial charge in [-0.3, -0.25) is 0 Å². The third kappa shape index (κ3) is 4.23. The van der Waals surface area contributed by atoms with Gasteiger partial charge in [0.05, 0.1) is 31.4 Å². The SMILES string of the molecule is CCNC(=NCc1cc(F)cc2c1OCOC2)NC1CC2CCC1O2.I. The first-order valence-corrected chi connectivity index (χ1v) is 8.95. The molecule has 4 rings (SSSR count). The molecule has 3 atom stereocenters. The second-order valence-corrected chi connectivity index (χ2v) is 6.72. The molecule has 1 aromatic carbocycles. The van der Waals surface area contributed by atoms with Gasteiger partial charge in [-0.05, 0) is 38.3 Å². The molecule has 0 aromatic heterocycles. The van der Waals surface area contributed by atoms with Crippen molar-refractivity contribution in [2.45, 2.75) is 57.6 Å². The molecule has 0 amide bonds. The molecule has 0 aliphatic carbocycles. The van der Waals surface area contributed by atoms with E-state index in [0.717, 1.165) is 42.9 Å². The zero-order valence-electron chi connectivity index (χ0n) is 14.8. The summed E-state index contributed by atoms with van der Waals surface area (Å²) in [6, 6.07) is 3.23. The molecule has 2 N–H and O–H groups in total. The standard InChI is InChI=1S/C18H24FN3O3.HI/c1-2-20-18(22-15-7-14-3-4-16(15)25-14)21-8-11-5-13(19)6-12-9-23-10-24-17(11)12;/h5-6,14-16H,2-4,7-10H2,1H3,(H2,20,21,22);1H. The minimum atomic E-state index is -0.294. The first-order valence-electron chi connectivity index (χ1n) is 8.95. The molecule has 6 nitrogen and oxygen atoms in total. The summed E-state index contributed by atoms with van der Waals surface area (Å²) in [5.74, 6) is 1.13. The Bertz CT molecular complexity index is 673. The van der Waals surface area contributed by atoms with Crippen LogP contribution in [0.5, 0.6) is 5.75 Å². The third-order valence-corrected chi connectivity index (χ3v) is 4.93. The van der Waals surface area contributed by atoms with Gasteiger partial charge >= 0.3 is 0 Å². The van der Waals surface area contributed by atoms with Gasteiger partial charge in [0, 0.05) is 17.7 Å². The fourth-order valence-corrected chi connectivity index (χ4v) is 3.82. The van der Waals surface area contributed by atoms with E-state index in [0.29, 0.717) is 31.0 Å². The number of nitrogens with zero attached hydrogens (tertiary/aromatic N) is 1. The second kappa shape index (κ2) is 8.71. The Balaban J connectivity index is 0.00000196. The van der Waals surface area contributed by atoms with Gasteiger partial charge in [0.15, 0.2) is 12.8 Å². The summed E-state index contributed by atoms with van der Waals surface area (Å²) in [4.78, 5) is 4.63. The second-order valence-electron chi connectivity index (χ2n) is 6.72. The van der Waals surface area contributed by atoms with Crippen LogP contribution in [0.4, 0.5) is 4.39 Å². The number of ether oxygens (including phenoxy) is 3. The molecule has 3 unspecified atom stereocenters. The van der Waals surface area contributed by atoms with Crippen molar-refractivity contribution in [2.24, 2.45) is 4.99 Å². The highest BCUT2D eigenvalue weighted by Crippen LogP contribution is 2.34. The monoisotopic (exact) mass is 477 g/mol. The van der Waals surface area contributed by atoms with E-state index in [2.05, 4.69) is 15.6 Å². The molecule has 3 aliphatic heterocycles. The molecule has 0 spiro atoms. The molecule has 26 heavy (non-hydrogen) atoms. The summed E-state index contributed by atoms with van der Waals surface area (Å²) in [5.41, 5.74) is 1.47. The van der Waals surface area contributed by atoms with E-state index < -0.39 is 0 Å². The van der Waals surface area contributed by atoms with Crippen LogP contribution >= 0.6 is 24.0 Å². The van der Waals surface area contributed by atoms with E-state index in [9.17, 15) is 4.39 Å². The summed E-state index contributed by atoms with van der Waals surface area (Å²) in [6.07, 6.45) is 3.94. The smallest absolute Gasteiger partial charge is 0.191 e. The van der Waals surface area contributed by atoms with Crippen LogP contribution < -0.4 is 15.4 Å². The Kier molecular flexibility index (Phi) is 6.57. The van der Waals surface area contributed by atoms with Crippen molar-refractivity contribution < 1.29 is 18.6 Å². The maximum Gasteiger partial charge on any atom is 0.191 e. The Morgan fingerprint density at radius 1 is 1.35 bits per heavy atom. The maximum absolute atomic E-state index is 13.8. The zero-order valence-corrected chi connectivity index (χ0v) is 17.1. The van der Waals surface area contributed by atoms with Crippen molar-refractivity contribution >= 4 is 29.9 Å².